The summed E-state index contributed by atoms with van der Waals surface area (Å²) in [6.07, 6.45) is 9.50. The molecule has 2 N–H and O–H groups in total. The topological polar surface area (TPSA) is 149 Å². The summed E-state index contributed by atoms with van der Waals surface area (Å²) in [6.45, 7) is 10.2. The molecule has 15 heteroatoms. The van der Waals surface area contributed by atoms with Crippen LogP contribution in [0.4, 0.5) is 15.9 Å². The van der Waals surface area contributed by atoms with Gasteiger partial charge in [-0.3, -0.25) is 29.7 Å². The minimum absolute atomic E-state index is 0.0397. The maximum absolute atomic E-state index is 16.0. The van der Waals surface area contributed by atoms with Crippen LogP contribution in [0.15, 0.2) is 36.4 Å². The van der Waals surface area contributed by atoms with Crippen LogP contribution in [-0.4, -0.2) is 117 Å². The van der Waals surface area contributed by atoms with E-state index >= 15 is 4.39 Å². The number of nitrogens with zero attached hydrogens (tertiary/aromatic N) is 7. The number of carbonyl (C=O) groups is 3. The van der Waals surface area contributed by atoms with E-state index in [0.717, 1.165) is 118 Å². The Morgan fingerprint density at radius 3 is 2.38 bits per heavy atom. The molecule has 0 bridgehead atoms. The Morgan fingerprint density at radius 1 is 0.867 bits per heavy atom. The van der Waals surface area contributed by atoms with Crippen LogP contribution in [0.2, 0.25) is 0 Å². The van der Waals surface area contributed by atoms with Crippen LogP contribution in [-0.2, 0) is 20.9 Å². The molecule has 14 nitrogen and oxygen atoms in total. The predicted octanol–water partition coefficient (Wildman–Crippen LogP) is 5.53. The molecule has 4 aliphatic heterocycles. The van der Waals surface area contributed by atoms with Gasteiger partial charge in [0.2, 0.25) is 17.7 Å². The van der Waals surface area contributed by atoms with Gasteiger partial charge in [0.15, 0.2) is 5.82 Å². The highest BCUT2D eigenvalue weighted by Gasteiger charge is 2.42. The van der Waals surface area contributed by atoms with Crippen LogP contribution in [0.5, 0.6) is 5.88 Å². The quantitative estimate of drug-likeness (QED) is 0.195. The lowest BCUT2D eigenvalue weighted by molar-refractivity contribution is -0.136. The maximum Gasteiger partial charge on any atom is 0.255 e. The molecule has 2 saturated carbocycles. The fourth-order valence-corrected chi connectivity index (χ4v) is 9.94. The van der Waals surface area contributed by atoms with Crippen LogP contribution in [0, 0.1) is 18.7 Å². The van der Waals surface area contributed by atoms with E-state index in [1.807, 2.05) is 19.1 Å². The number of piperidine rings is 2. The van der Waals surface area contributed by atoms with Gasteiger partial charge in [0, 0.05) is 80.7 Å². The summed E-state index contributed by atoms with van der Waals surface area (Å²) >= 11 is 0. The highest BCUT2D eigenvalue weighted by molar-refractivity contribution is 6.05. The first-order chi connectivity index (χ1) is 29.1. The average molecular weight is 820 g/mol. The Balaban J connectivity index is 0.675. The number of carbonyl (C=O) groups excluding carboxylic acids is 3. The molecule has 6 aliphatic rings. The molecule has 5 fully saturated rings. The van der Waals surface area contributed by atoms with Crippen LogP contribution >= 0.6 is 0 Å². The summed E-state index contributed by atoms with van der Waals surface area (Å²) in [5.41, 5.74) is 5.50. The number of hydrogen-bond donors (Lipinski definition) is 2. The zero-order valence-corrected chi connectivity index (χ0v) is 34.6. The van der Waals surface area contributed by atoms with Crippen LogP contribution in [0.1, 0.15) is 92.7 Å². The van der Waals surface area contributed by atoms with E-state index in [2.05, 4.69) is 49.3 Å². The molecular formula is C45H54FN9O5. The number of rotatable bonds is 10. The SMILES string of the molecule is Cc1cc(-c2n[nH]c3ccc(OC4(C)CC4)nc23)cc(N2CCC(OC3CCC(CN4CCN(c5ccc6c(c5F)CN(C5CCC(=O)NC5=O)C6=O)CC4)CC3)CC2)n1. The normalized spacial score (nSPS) is 24.9. The van der Waals surface area contributed by atoms with Crippen LogP contribution in [0.3, 0.4) is 0 Å². The fourth-order valence-electron chi connectivity index (χ4n) is 9.94. The standard InChI is InChI=1S/C45H54FN9O5/c1-27-23-29(41-42-34(50-51-41)8-12-39(49-42)60-45(2)15-16-45)24-37(47-27)54-17-13-31(14-18-54)59-30-5-3-28(4-6-30)25-52-19-21-53(22-20-52)35-9-7-32-33(40(35)46)26-55(44(32)58)36-10-11-38(56)48-43(36)57/h7-9,12,23-24,28,30-31,36H,3-6,10-11,13-22,25-26H2,1-2H3,(H,50,51)(H,48,56,57). The van der Waals surface area contributed by atoms with Gasteiger partial charge in [-0.15, -0.1) is 0 Å². The lowest BCUT2D eigenvalue weighted by Crippen LogP contribution is -2.52. The second-order valence-electron chi connectivity index (χ2n) is 18.1. The highest BCUT2D eigenvalue weighted by atomic mass is 19.1. The van der Waals surface area contributed by atoms with Gasteiger partial charge < -0.3 is 24.2 Å². The number of fused-ring (bicyclic) bond motifs is 2. The first-order valence-electron chi connectivity index (χ1n) is 21.9. The molecule has 3 amide bonds. The second kappa shape index (κ2) is 15.7. The van der Waals surface area contributed by atoms with Crippen molar-refractivity contribution in [2.75, 3.05) is 55.6 Å². The molecular weight excluding hydrogens is 766 g/mol. The number of piperazine rings is 1. The number of halogens is 1. The lowest BCUT2D eigenvalue weighted by atomic mass is 9.86. The smallest absolute Gasteiger partial charge is 0.255 e. The number of benzene rings is 1. The number of hydrogen-bond acceptors (Lipinski definition) is 11. The molecule has 1 aromatic carbocycles. The van der Waals surface area contributed by atoms with E-state index in [1.165, 1.54) is 4.90 Å². The molecule has 316 valence electrons. The van der Waals surface area contributed by atoms with Crippen molar-refractivity contribution in [3.8, 4) is 17.1 Å². The molecule has 60 heavy (non-hydrogen) atoms. The largest absolute Gasteiger partial charge is 0.471 e. The Kier molecular flexibility index (Phi) is 10.2. The second-order valence-corrected chi connectivity index (χ2v) is 18.1. The van der Waals surface area contributed by atoms with E-state index in [1.54, 1.807) is 12.1 Å². The highest BCUT2D eigenvalue weighted by Crippen LogP contribution is 2.40. The summed E-state index contributed by atoms with van der Waals surface area (Å²) in [7, 11) is 0. The molecule has 2 aliphatic carbocycles. The minimum atomic E-state index is -0.758. The fraction of sp³-hybridized carbons (Fsp3) is 0.556. The third-order valence-electron chi connectivity index (χ3n) is 13.7. The third kappa shape index (κ3) is 7.81. The number of ether oxygens (including phenoxy) is 2. The van der Waals surface area contributed by atoms with Gasteiger partial charge in [-0.2, -0.15) is 5.10 Å². The molecule has 3 aromatic heterocycles. The van der Waals surface area contributed by atoms with E-state index in [4.69, 9.17) is 19.4 Å². The minimum Gasteiger partial charge on any atom is -0.471 e. The molecule has 10 rings (SSSR count). The van der Waals surface area contributed by atoms with E-state index in [0.29, 0.717) is 47.8 Å². The monoisotopic (exact) mass is 819 g/mol. The van der Waals surface area contributed by atoms with Gasteiger partial charge >= 0.3 is 0 Å². The number of nitrogens with one attached hydrogen (secondary N) is 2. The van der Waals surface area contributed by atoms with Crippen molar-refractivity contribution in [1.82, 2.24) is 35.3 Å². The maximum atomic E-state index is 16.0. The molecule has 3 saturated heterocycles. The van der Waals surface area contributed by atoms with Gasteiger partial charge in [-0.25, -0.2) is 14.4 Å². The Labute approximate surface area is 349 Å². The number of anilines is 2. The van der Waals surface area contributed by atoms with Crippen LogP contribution in [0.25, 0.3) is 22.3 Å². The van der Waals surface area contributed by atoms with E-state index in [-0.39, 0.29) is 48.7 Å². The van der Waals surface area contributed by atoms with Crippen molar-refractivity contribution in [1.29, 1.82) is 0 Å². The van der Waals surface area contributed by atoms with Crippen molar-refractivity contribution < 1.29 is 28.2 Å². The van der Waals surface area contributed by atoms with Gasteiger partial charge in [0.25, 0.3) is 5.91 Å². The molecule has 1 unspecified atom stereocenters. The number of imide groups is 1. The molecule has 0 spiro atoms. The molecule has 1 atom stereocenters. The number of aromatic nitrogens is 4. The number of aromatic amines is 1. The third-order valence-corrected chi connectivity index (χ3v) is 13.7. The van der Waals surface area contributed by atoms with E-state index in [9.17, 15) is 14.4 Å². The number of aryl methyl sites for hydroxylation is 1. The lowest BCUT2D eigenvalue weighted by Gasteiger charge is -2.40. The van der Waals surface area contributed by atoms with Crippen molar-refractivity contribution in [2.24, 2.45) is 5.92 Å². The summed E-state index contributed by atoms with van der Waals surface area (Å²) in [5.74, 6) is 0.664. The zero-order chi connectivity index (χ0) is 41.1. The summed E-state index contributed by atoms with van der Waals surface area (Å²) in [5, 5.41) is 10.1. The Hall–Kier alpha value is -5.15. The van der Waals surface area contributed by atoms with Crippen molar-refractivity contribution in [3.05, 3.63) is 59.0 Å². The van der Waals surface area contributed by atoms with Crippen LogP contribution < -0.4 is 19.9 Å². The summed E-state index contributed by atoms with van der Waals surface area (Å²) < 4.78 is 28.8. The Morgan fingerprint density at radius 2 is 1.63 bits per heavy atom. The number of H-pyrrole nitrogens is 1. The Bertz CT molecular complexity index is 2310. The first kappa shape index (κ1) is 39.0. The predicted molar refractivity (Wildman–Crippen MR) is 223 cm³/mol. The average Bonchev–Trinajstić information content (AvgIpc) is 3.65. The van der Waals surface area contributed by atoms with Gasteiger partial charge in [0.1, 0.15) is 28.7 Å². The summed E-state index contributed by atoms with van der Waals surface area (Å²) in [6, 6.07) is 10.8. The van der Waals surface area contributed by atoms with Crippen molar-refractivity contribution >= 4 is 40.3 Å². The van der Waals surface area contributed by atoms with E-state index < -0.39 is 11.9 Å². The summed E-state index contributed by atoms with van der Waals surface area (Å²) in [4.78, 5) is 55.4. The van der Waals surface area contributed by atoms with Crippen molar-refractivity contribution in [2.45, 2.75) is 108 Å². The van der Waals surface area contributed by atoms with Gasteiger partial charge in [-0.05, 0) is 108 Å². The molecule has 7 heterocycles. The zero-order valence-electron chi connectivity index (χ0n) is 34.6. The van der Waals surface area contributed by atoms with Gasteiger partial charge in [-0.1, -0.05) is 0 Å². The molecule has 0 radical (unpaired) electrons. The van der Waals surface area contributed by atoms with Gasteiger partial charge in [0.05, 0.1) is 30.0 Å². The number of pyridine rings is 2. The molecule has 4 aromatic rings. The number of amides is 3. The first-order valence-corrected chi connectivity index (χ1v) is 21.9. The van der Waals surface area contributed by atoms with Crippen molar-refractivity contribution in [3.63, 3.8) is 0 Å².